The number of amides is 1. The first kappa shape index (κ1) is 18.2. The van der Waals surface area contributed by atoms with Gasteiger partial charge in [0.15, 0.2) is 0 Å². The van der Waals surface area contributed by atoms with Gasteiger partial charge in [-0.25, -0.2) is 13.6 Å². The highest BCUT2D eigenvalue weighted by atomic mass is 35.5. The predicted molar refractivity (Wildman–Crippen MR) is 84.3 cm³/mol. The van der Waals surface area contributed by atoms with Crippen molar-refractivity contribution in [3.63, 3.8) is 0 Å². The van der Waals surface area contributed by atoms with E-state index in [1.54, 1.807) is 7.05 Å². The molecular weight excluding hydrogens is 335 g/mol. The lowest BCUT2D eigenvalue weighted by Crippen LogP contribution is -2.44. The molecule has 5 nitrogen and oxygen atoms in total. The quantitative estimate of drug-likeness (QED) is 0.904. The minimum atomic E-state index is -4.07. The summed E-state index contributed by atoms with van der Waals surface area (Å²) in [5, 5.41) is 4.95. The van der Waals surface area contributed by atoms with Gasteiger partial charge in [0.05, 0.1) is 10.6 Å². The van der Waals surface area contributed by atoms with Gasteiger partial charge in [0, 0.05) is 17.6 Å². The van der Waals surface area contributed by atoms with Crippen molar-refractivity contribution in [3.8, 4) is 0 Å². The fourth-order valence-electron chi connectivity index (χ4n) is 1.62. The maximum absolute atomic E-state index is 12.5. The molecule has 0 radical (unpaired) electrons. The van der Waals surface area contributed by atoms with E-state index in [0.717, 1.165) is 12.5 Å². The van der Waals surface area contributed by atoms with Gasteiger partial charge in [0.2, 0.25) is 10.0 Å². The summed E-state index contributed by atoms with van der Waals surface area (Å²) < 4.78 is 23.0. The van der Waals surface area contributed by atoms with Crippen LogP contribution in [0.15, 0.2) is 17.0 Å². The first-order valence-electron chi connectivity index (χ1n) is 6.22. The lowest BCUT2D eigenvalue weighted by atomic mass is 9.99. The molecule has 0 saturated carbocycles. The van der Waals surface area contributed by atoms with Crippen molar-refractivity contribution in [3.05, 3.63) is 27.7 Å². The Balaban J connectivity index is 3.45. The van der Waals surface area contributed by atoms with Crippen LogP contribution in [0.1, 0.15) is 37.6 Å². The maximum Gasteiger partial charge on any atom is 0.255 e. The van der Waals surface area contributed by atoms with Crippen molar-refractivity contribution in [1.82, 2.24) is 4.90 Å². The number of rotatable bonds is 4. The van der Waals surface area contributed by atoms with E-state index in [9.17, 15) is 13.2 Å². The number of carbonyl (C=O) groups excluding carboxylic acids is 1. The molecule has 2 N–H and O–H groups in total. The number of primary sulfonamides is 1. The Morgan fingerprint density at radius 3 is 2.29 bits per heavy atom. The van der Waals surface area contributed by atoms with Gasteiger partial charge in [-0.1, -0.05) is 30.1 Å². The van der Waals surface area contributed by atoms with E-state index >= 15 is 0 Å². The third-order valence-corrected chi connectivity index (χ3v) is 5.29. The van der Waals surface area contributed by atoms with Crippen molar-refractivity contribution in [2.75, 3.05) is 7.05 Å². The number of halogens is 2. The summed E-state index contributed by atoms with van der Waals surface area (Å²) in [7, 11) is -2.44. The molecule has 1 amide bonds. The van der Waals surface area contributed by atoms with Crippen molar-refractivity contribution in [2.45, 2.75) is 37.6 Å². The number of sulfonamides is 1. The number of hydrogen-bond acceptors (Lipinski definition) is 3. The number of carbonyl (C=O) groups is 1. The van der Waals surface area contributed by atoms with Gasteiger partial charge in [-0.2, -0.15) is 0 Å². The highest BCUT2D eigenvalue weighted by Gasteiger charge is 2.29. The molecule has 8 heteroatoms. The van der Waals surface area contributed by atoms with Crippen molar-refractivity contribution >= 4 is 39.1 Å². The third-order valence-electron chi connectivity index (χ3n) is 3.62. The van der Waals surface area contributed by atoms with Gasteiger partial charge in [-0.05, 0) is 32.4 Å². The Hall–Kier alpha value is -0.820. The number of benzene rings is 1. The maximum atomic E-state index is 12.5. The van der Waals surface area contributed by atoms with Crippen molar-refractivity contribution in [1.29, 1.82) is 0 Å². The van der Waals surface area contributed by atoms with E-state index in [1.807, 2.05) is 20.8 Å². The van der Waals surface area contributed by atoms with E-state index in [1.165, 1.54) is 11.0 Å². The molecule has 0 unspecified atom stereocenters. The molecule has 1 aromatic carbocycles. The lowest BCUT2D eigenvalue weighted by molar-refractivity contribution is 0.0620. The first-order chi connectivity index (χ1) is 9.41. The van der Waals surface area contributed by atoms with E-state index in [2.05, 4.69) is 0 Å². The van der Waals surface area contributed by atoms with Crippen molar-refractivity contribution < 1.29 is 13.2 Å². The zero-order chi connectivity index (χ0) is 16.6. The van der Waals surface area contributed by atoms with Gasteiger partial charge in [-0.15, -0.1) is 0 Å². The van der Waals surface area contributed by atoms with Crippen LogP contribution in [0.2, 0.25) is 10.0 Å². The zero-order valence-electron chi connectivity index (χ0n) is 12.3. The molecule has 0 fully saturated rings. The molecule has 0 aliphatic rings. The van der Waals surface area contributed by atoms with Crippen LogP contribution < -0.4 is 5.14 Å². The topological polar surface area (TPSA) is 80.5 Å². The van der Waals surface area contributed by atoms with Crippen LogP contribution in [0.5, 0.6) is 0 Å². The SMILES string of the molecule is CCC(C)(C)N(C)C(=O)c1cc(Cl)cc(S(N)(=O)=O)c1Cl. The minimum absolute atomic E-state index is 0.0113. The van der Waals surface area contributed by atoms with Crippen LogP contribution in [-0.4, -0.2) is 31.8 Å². The molecule has 0 aliphatic heterocycles. The van der Waals surface area contributed by atoms with Crippen LogP contribution in [-0.2, 0) is 10.0 Å². The summed E-state index contributed by atoms with van der Waals surface area (Å²) in [4.78, 5) is 13.7. The smallest absolute Gasteiger partial charge is 0.255 e. The Bertz CT molecular complexity index is 672. The summed E-state index contributed by atoms with van der Waals surface area (Å²) in [5.74, 6) is -0.417. The van der Waals surface area contributed by atoms with Crippen LogP contribution in [0, 0.1) is 0 Å². The highest BCUT2D eigenvalue weighted by molar-refractivity contribution is 7.89. The fraction of sp³-hybridized carbons (Fsp3) is 0.462. The molecule has 0 spiro atoms. The minimum Gasteiger partial charge on any atom is -0.337 e. The Morgan fingerprint density at radius 1 is 1.33 bits per heavy atom. The van der Waals surface area contributed by atoms with Crippen LogP contribution >= 0.6 is 23.2 Å². The lowest BCUT2D eigenvalue weighted by Gasteiger charge is -2.35. The molecule has 1 aromatic rings. The number of hydrogen-bond donors (Lipinski definition) is 1. The Kier molecular flexibility index (Phi) is 5.31. The van der Waals surface area contributed by atoms with E-state index in [-0.39, 0.29) is 20.5 Å². The molecule has 0 bridgehead atoms. The Labute approximate surface area is 135 Å². The van der Waals surface area contributed by atoms with Crippen LogP contribution in [0.25, 0.3) is 0 Å². The normalized spacial score (nSPS) is 12.3. The van der Waals surface area contributed by atoms with Crippen molar-refractivity contribution in [2.24, 2.45) is 5.14 Å². The number of nitrogens with zero attached hydrogens (tertiary/aromatic N) is 1. The second-order valence-electron chi connectivity index (χ2n) is 5.34. The zero-order valence-corrected chi connectivity index (χ0v) is 14.6. The first-order valence-corrected chi connectivity index (χ1v) is 8.52. The van der Waals surface area contributed by atoms with E-state index in [4.69, 9.17) is 28.3 Å². The highest BCUT2D eigenvalue weighted by Crippen LogP contribution is 2.31. The monoisotopic (exact) mass is 352 g/mol. The molecule has 0 aromatic heterocycles. The fourth-order valence-corrected chi connectivity index (χ4v) is 3.07. The van der Waals surface area contributed by atoms with Crippen LogP contribution in [0.4, 0.5) is 0 Å². The summed E-state index contributed by atoms with van der Waals surface area (Å²) >= 11 is 11.9. The molecule has 0 aliphatic carbocycles. The molecule has 0 atom stereocenters. The molecule has 1 rings (SSSR count). The molecule has 0 heterocycles. The number of nitrogens with two attached hydrogens (primary N) is 1. The molecule has 118 valence electrons. The Morgan fingerprint density at radius 2 is 1.86 bits per heavy atom. The second-order valence-corrected chi connectivity index (χ2v) is 7.68. The van der Waals surface area contributed by atoms with E-state index < -0.39 is 21.5 Å². The van der Waals surface area contributed by atoms with E-state index in [0.29, 0.717) is 0 Å². The molecule has 21 heavy (non-hydrogen) atoms. The molecule has 0 saturated heterocycles. The van der Waals surface area contributed by atoms with Gasteiger partial charge >= 0.3 is 0 Å². The second kappa shape index (κ2) is 6.12. The summed E-state index contributed by atoms with van der Waals surface area (Å²) in [6.45, 7) is 5.73. The van der Waals surface area contributed by atoms with Gasteiger partial charge < -0.3 is 4.90 Å². The summed E-state index contributed by atoms with van der Waals surface area (Å²) in [5.41, 5.74) is -0.401. The van der Waals surface area contributed by atoms with Crippen LogP contribution in [0.3, 0.4) is 0 Å². The standard InChI is InChI=1S/C13H18Cl2N2O3S/c1-5-13(2,3)17(4)12(18)9-6-8(14)7-10(11(9)15)21(16,19)20/h6-7H,5H2,1-4H3,(H2,16,19,20). The summed E-state index contributed by atoms with van der Waals surface area (Å²) in [6.07, 6.45) is 0.718. The third kappa shape index (κ3) is 3.88. The van der Waals surface area contributed by atoms with Gasteiger partial charge in [0.1, 0.15) is 4.90 Å². The predicted octanol–water partition coefficient (Wildman–Crippen LogP) is 2.90. The summed E-state index contributed by atoms with van der Waals surface area (Å²) in [6, 6.07) is 2.46. The van der Waals surface area contributed by atoms with Gasteiger partial charge in [0.25, 0.3) is 5.91 Å². The van der Waals surface area contributed by atoms with Gasteiger partial charge in [-0.3, -0.25) is 4.79 Å². The largest absolute Gasteiger partial charge is 0.337 e. The molecular formula is C13H18Cl2N2O3S. The average molecular weight is 353 g/mol. The average Bonchev–Trinajstić information content (AvgIpc) is 2.38.